The molecule has 1 heterocycles. The molecular weight excluding hydrogens is 252 g/mol. The summed E-state index contributed by atoms with van der Waals surface area (Å²) in [7, 11) is 0. The highest BCUT2D eigenvalue weighted by Crippen LogP contribution is 2.26. The Hall–Kier alpha value is -1.65. The molecule has 5 heteroatoms. The molecule has 0 radical (unpaired) electrons. The highest BCUT2D eigenvalue weighted by Gasteiger charge is 2.07. The van der Waals surface area contributed by atoms with E-state index in [1.165, 1.54) is 0 Å². The number of hydrogen-bond donors (Lipinski definition) is 2. The molecule has 18 heavy (non-hydrogen) atoms. The highest BCUT2D eigenvalue weighted by molar-refractivity contribution is 6.32. The summed E-state index contributed by atoms with van der Waals surface area (Å²) in [6.45, 7) is 0.00195. The van der Waals surface area contributed by atoms with Gasteiger partial charge in [-0.3, -0.25) is 9.78 Å². The number of hydrogen-bond acceptors (Lipinski definition) is 3. The molecule has 0 unspecified atom stereocenters. The first-order valence-electron chi connectivity index (χ1n) is 5.65. The zero-order valence-electron chi connectivity index (χ0n) is 9.69. The molecule has 1 amide bonds. The average Bonchev–Trinajstić information content (AvgIpc) is 2.36. The van der Waals surface area contributed by atoms with Crippen molar-refractivity contribution in [1.82, 2.24) is 4.98 Å². The summed E-state index contributed by atoms with van der Waals surface area (Å²) < 4.78 is 0. The van der Waals surface area contributed by atoms with Crippen LogP contribution >= 0.6 is 11.6 Å². The van der Waals surface area contributed by atoms with Crippen LogP contribution in [-0.4, -0.2) is 22.6 Å². The summed E-state index contributed by atoms with van der Waals surface area (Å²) >= 11 is 5.99. The van der Waals surface area contributed by atoms with E-state index in [9.17, 15) is 4.79 Å². The van der Waals surface area contributed by atoms with E-state index in [2.05, 4.69) is 10.3 Å². The Morgan fingerprint density at radius 3 is 3.06 bits per heavy atom. The topological polar surface area (TPSA) is 62.2 Å². The molecule has 0 saturated heterocycles. The first kappa shape index (κ1) is 12.8. The van der Waals surface area contributed by atoms with Crippen LogP contribution in [0.25, 0.3) is 10.9 Å². The second-order valence-corrected chi connectivity index (χ2v) is 4.34. The maximum Gasteiger partial charge on any atom is 0.224 e. The molecule has 0 saturated carbocycles. The monoisotopic (exact) mass is 264 g/mol. The number of nitrogens with one attached hydrogen (secondary N) is 1. The smallest absolute Gasteiger partial charge is 0.224 e. The third-order valence-corrected chi connectivity index (χ3v) is 2.72. The molecule has 0 aliphatic carbocycles. The molecule has 2 aromatic rings. The van der Waals surface area contributed by atoms with Crippen molar-refractivity contribution in [2.75, 3.05) is 11.9 Å². The minimum atomic E-state index is -0.154. The van der Waals surface area contributed by atoms with Crippen LogP contribution in [-0.2, 0) is 4.79 Å². The SMILES string of the molecule is O=C(CCCO)Nc1cc(Cl)cc2cccnc12. The lowest BCUT2D eigenvalue weighted by Gasteiger charge is -2.08. The van der Waals surface area contributed by atoms with E-state index < -0.39 is 0 Å². The third-order valence-electron chi connectivity index (χ3n) is 2.51. The highest BCUT2D eigenvalue weighted by atomic mass is 35.5. The first-order valence-corrected chi connectivity index (χ1v) is 6.03. The molecule has 1 aromatic heterocycles. The van der Waals surface area contributed by atoms with E-state index >= 15 is 0 Å². The number of nitrogens with zero attached hydrogens (tertiary/aromatic N) is 1. The van der Waals surface area contributed by atoms with E-state index in [0.717, 1.165) is 5.39 Å². The van der Waals surface area contributed by atoms with Gasteiger partial charge in [0.05, 0.1) is 11.2 Å². The number of carbonyl (C=O) groups excluding carboxylic acids is 1. The van der Waals surface area contributed by atoms with E-state index in [4.69, 9.17) is 16.7 Å². The number of carbonyl (C=O) groups is 1. The van der Waals surface area contributed by atoms with Crippen molar-refractivity contribution >= 4 is 34.1 Å². The van der Waals surface area contributed by atoms with E-state index in [0.29, 0.717) is 22.6 Å². The van der Waals surface area contributed by atoms with Gasteiger partial charge in [0.2, 0.25) is 5.91 Å². The molecule has 0 spiro atoms. The number of pyridine rings is 1. The predicted octanol–water partition coefficient (Wildman–Crippen LogP) is 2.60. The van der Waals surface area contributed by atoms with Crippen molar-refractivity contribution in [3.8, 4) is 0 Å². The quantitative estimate of drug-likeness (QED) is 0.892. The van der Waals surface area contributed by atoms with Crippen molar-refractivity contribution in [1.29, 1.82) is 0 Å². The maximum absolute atomic E-state index is 11.6. The van der Waals surface area contributed by atoms with Crippen LogP contribution in [0.3, 0.4) is 0 Å². The van der Waals surface area contributed by atoms with Gasteiger partial charge in [0.15, 0.2) is 0 Å². The van der Waals surface area contributed by atoms with Gasteiger partial charge in [0, 0.05) is 29.6 Å². The fraction of sp³-hybridized carbons (Fsp3) is 0.231. The van der Waals surface area contributed by atoms with E-state index in [-0.39, 0.29) is 18.9 Å². The van der Waals surface area contributed by atoms with Crippen molar-refractivity contribution in [2.45, 2.75) is 12.8 Å². The van der Waals surface area contributed by atoms with Crippen LogP contribution in [0.2, 0.25) is 5.02 Å². The predicted molar refractivity (Wildman–Crippen MR) is 71.7 cm³/mol. The number of rotatable bonds is 4. The first-order chi connectivity index (χ1) is 8.70. The van der Waals surface area contributed by atoms with Crippen LogP contribution in [0.15, 0.2) is 30.5 Å². The normalized spacial score (nSPS) is 10.6. The van der Waals surface area contributed by atoms with Gasteiger partial charge in [0.1, 0.15) is 0 Å². The number of aliphatic hydroxyl groups excluding tert-OH is 1. The van der Waals surface area contributed by atoms with Crippen molar-refractivity contribution < 1.29 is 9.90 Å². The second kappa shape index (κ2) is 5.80. The summed E-state index contributed by atoms with van der Waals surface area (Å²) in [5, 5.41) is 12.9. The number of benzene rings is 1. The molecule has 0 fully saturated rings. The van der Waals surface area contributed by atoms with Gasteiger partial charge < -0.3 is 10.4 Å². The molecule has 0 aliphatic rings. The average molecular weight is 265 g/mol. The molecule has 2 N–H and O–H groups in total. The number of aromatic nitrogens is 1. The maximum atomic E-state index is 11.6. The Labute approximate surface area is 110 Å². The van der Waals surface area contributed by atoms with Crippen molar-refractivity contribution in [3.05, 3.63) is 35.5 Å². The summed E-state index contributed by atoms with van der Waals surface area (Å²) in [4.78, 5) is 15.9. The number of halogens is 1. The Balaban J connectivity index is 2.29. The summed E-state index contributed by atoms with van der Waals surface area (Å²) in [5.74, 6) is -0.154. The lowest BCUT2D eigenvalue weighted by molar-refractivity contribution is -0.116. The van der Waals surface area contributed by atoms with Crippen LogP contribution < -0.4 is 5.32 Å². The van der Waals surface area contributed by atoms with Crippen LogP contribution in [0.1, 0.15) is 12.8 Å². The summed E-state index contributed by atoms with van der Waals surface area (Å²) in [6, 6.07) is 7.18. The fourth-order valence-corrected chi connectivity index (χ4v) is 1.93. The minimum Gasteiger partial charge on any atom is -0.396 e. The van der Waals surface area contributed by atoms with E-state index in [1.54, 1.807) is 18.3 Å². The summed E-state index contributed by atoms with van der Waals surface area (Å²) in [5.41, 5.74) is 1.31. The van der Waals surface area contributed by atoms with Crippen LogP contribution in [0.4, 0.5) is 5.69 Å². The molecule has 0 bridgehead atoms. The zero-order valence-corrected chi connectivity index (χ0v) is 10.4. The molecule has 1 aromatic carbocycles. The molecule has 2 rings (SSSR count). The zero-order chi connectivity index (χ0) is 13.0. The molecule has 4 nitrogen and oxygen atoms in total. The fourth-order valence-electron chi connectivity index (χ4n) is 1.70. The standard InChI is InChI=1S/C13H13ClN2O2/c14-10-7-9-3-1-5-15-13(9)11(8-10)16-12(18)4-2-6-17/h1,3,5,7-8,17H,2,4,6H2,(H,16,18). The van der Waals surface area contributed by atoms with Gasteiger partial charge >= 0.3 is 0 Å². The number of aliphatic hydroxyl groups is 1. The van der Waals surface area contributed by atoms with Crippen molar-refractivity contribution in [2.24, 2.45) is 0 Å². The lowest BCUT2D eigenvalue weighted by Crippen LogP contribution is -2.12. The molecular formula is C13H13ClN2O2. The Morgan fingerprint density at radius 2 is 2.28 bits per heavy atom. The Bertz CT molecular complexity index is 572. The Morgan fingerprint density at radius 1 is 1.44 bits per heavy atom. The van der Waals surface area contributed by atoms with Gasteiger partial charge in [-0.25, -0.2) is 0 Å². The minimum absolute atomic E-state index is 0.00195. The molecule has 94 valence electrons. The Kier molecular flexibility index (Phi) is 4.12. The molecule has 0 atom stereocenters. The second-order valence-electron chi connectivity index (χ2n) is 3.90. The van der Waals surface area contributed by atoms with Crippen LogP contribution in [0.5, 0.6) is 0 Å². The van der Waals surface area contributed by atoms with Gasteiger partial charge in [-0.1, -0.05) is 17.7 Å². The lowest BCUT2D eigenvalue weighted by atomic mass is 10.2. The van der Waals surface area contributed by atoms with E-state index in [1.807, 2.05) is 12.1 Å². The van der Waals surface area contributed by atoms with Crippen molar-refractivity contribution in [3.63, 3.8) is 0 Å². The van der Waals surface area contributed by atoms with Gasteiger partial charge in [-0.2, -0.15) is 0 Å². The third kappa shape index (κ3) is 2.97. The number of amides is 1. The van der Waals surface area contributed by atoms with Crippen LogP contribution in [0, 0.1) is 0 Å². The van der Waals surface area contributed by atoms with Gasteiger partial charge in [-0.05, 0) is 24.6 Å². The van der Waals surface area contributed by atoms with Gasteiger partial charge in [-0.15, -0.1) is 0 Å². The number of anilines is 1. The summed E-state index contributed by atoms with van der Waals surface area (Å²) in [6.07, 6.45) is 2.38. The number of fused-ring (bicyclic) bond motifs is 1. The largest absolute Gasteiger partial charge is 0.396 e. The molecule has 0 aliphatic heterocycles. The van der Waals surface area contributed by atoms with Gasteiger partial charge in [0.25, 0.3) is 0 Å².